The van der Waals surface area contributed by atoms with Crippen LogP contribution in [0.3, 0.4) is 0 Å². The molecule has 0 spiro atoms. The molecule has 23 aliphatic heterocycles. The number of Topliss-reactive ketones (excluding diaryl/α,β-unsaturated/α-hetero) is 1. The summed E-state index contributed by atoms with van der Waals surface area (Å²) in [6, 6.07) is 6.01. The largest absolute Gasteiger partial charge is 0.489 e. The van der Waals surface area contributed by atoms with E-state index in [-0.39, 0.29) is 54.3 Å². The van der Waals surface area contributed by atoms with E-state index in [1.54, 1.807) is 25.2 Å². The van der Waals surface area contributed by atoms with Gasteiger partial charge in [0.2, 0.25) is 0 Å². The highest BCUT2D eigenvalue weighted by Crippen LogP contribution is 2.52. The van der Waals surface area contributed by atoms with Crippen molar-refractivity contribution in [3.05, 3.63) is 65.8 Å². The van der Waals surface area contributed by atoms with Gasteiger partial charge < -0.3 is 184 Å². The molecule has 1 aromatic carbocycles. The minimum Gasteiger partial charge on any atom is -0.489 e. The Hall–Kier alpha value is -4.95. The van der Waals surface area contributed by atoms with Gasteiger partial charge in [0.05, 0.1) is 64.1 Å². The van der Waals surface area contributed by atoms with Gasteiger partial charge in [0.25, 0.3) is 0 Å². The quantitative estimate of drug-likeness (QED) is 0.0169. The molecule has 26 rings (SSSR count). The summed E-state index contributed by atoms with van der Waals surface area (Å²) in [5.74, 6) is 5.03. The van der Waals surface area contributed by atoms with Crippen molar-refractivity contribution in [1.82, 2.24) is 0 Å². The van der Waals surface area contributed by atoms with Crippen LogP contribution in [-0.4, -0.2) is 395 Å². The van der Waals surface area contributed by atoms with Crippen molar-refractivity contribution in [2.45, 2.75) is 338 Å². The fraction of sp³-hybridized carbons (Fsp3) is 0.793. The number of aliphatic hydroxyl groups is 22. The molecular weight excluding hydrogens is 1620 g/mol. The summed E-state index contributed by atoms with van der Waals surface area (Å²) in [6.07, 6.45) is -41.0. The van der Waals surface area contributed by atoms with Gasteiger partial charge in [-0.3, -0.25) is 9.59 Å². The molecule has 12 bridgehead atoms. The van der Waals surface area contributed by atoms with Crippen molar-refractivity contribution < 1.29 is 199 Å². The Labute approximate surface area is 704 Å². The van der Waals surface area contributed by atoms with E-state index >= 15 is 0 Å². The predicted molar refractivity (Wildman–Crippen MR) is 413 cm³/mol. The molecule has 40 heteroatoms. The standard InChI is InChI=1S/C36H60O30.C24H30O5.C22H36O5/c37-1-7-25-13(43)19(49)31(55-7)62-26-8(2-38)57-33(21(51)15(26)45)64-28-10(4-40)59-35(23(53)17(28)47)66-30-12(6-42)60-36(24(54)18(30)48)65-29-11(5-41)58-34(22(52)16(29)46)63-27-9(3-39)56-32(61-25)20(50)14(27)44;1-3-4-7-15(2)19(25)13-12-17-20(26)14-21-23(17)18-10-5-8-16(24(18)29-21)9-6-11-22(27)28;1-3-4-9-16(2)14-17(23)12-13-19-18(20(24)15-21(19)25)10-7-5-6-8-11-22(26)27/h7-54H,1-6H2;5,8,10,12-13,15,17,19-21,23,25-26H,6-7,9,11,14H2,1-2H3,(H,27,28);8,11-13,16-19,21,23,25H,3-7,9-10,14-15H2,1-2H3,(H,26,27)/b;13-12+;11-8+,13-12+/t7-,8-,9-,10-,11-,12-,13-,14-,15-,16-,17-,18-,19-,20-,21-,22-,23-,24-,25-,26-,27-,28-,29-,30-,31-,32-,33-,34-,35-,36-;15?,17-,19+,20+,21-,23-;16-,17+,18+,19+,21+/m100/s1. The summed E-state index contributed by atoms with van der Waals surface area (Å²) in [5.41, 5.74) is 2.11. The fourth-order valence-corrected chi connectivity index (χ4v) is 17.2. The molecule has 23 heterocycles. The number of fused-ring (bicyclic) bond motifs is 3. The van der Waals surface area contributed by atoms with Gasteiger partial charge in [0.15, 0.2) is 37.7 Å². The Morgan fingerprint density at radius 3 is 1.30 bits per heavy atom. The number of ether oxygens (including phenoxy) is 13. The highest BCUT2D eigenvalue weighted by atomic mass is 16.8. The number of aliphatic carboxylic acids is 2. The molecule has 1 aromatic rings. The molecule has 24 N–H and O–H groups in total. The van der Waals surface area contributed by atoms with E-state index in [0.717, 1.165) is 55.1 Å². The summed E-state index contributed by atoms with van der Waals surface area (Å²) in [4.78, 5) is 33.4. The maximum Gasteiger partial charge on any atom is 0.327 e. The molecule has 0 radical (unpaired) electrons. The topological polar surface area (TPSA) is 657 Å². The van der Waals surface area contributed by atoms with Gasteiger partial charge in [0, 0.05) is 61.0 Å². The first-order chi connectivity index (χ1) is 58.2. The van der Waals surface area contributed by atoms with Crippen LogP contribution in [-0.2, 0) is 77.6 Å². The van der Waals surface area contributed by atoms with E-state index in [4.69, 9.17) is 71.8 Å². The van der Waals surface area contributed by atoms with Crippen LogP contribution in [0, 0.1) is 41.4 Å². The zero-order valence-electron chi connectivity index (χ0n) is 68.3. The van der Waals surface area contributed by atoms with Gasteiger partial charge in [0.1, 0.15) is 164 Å². The molecule has 1 unspecified atom stereocenters. The zero-order valence-corrected chi connectivity index (χ0v) is 68.3. The molecule has 0 amide bonds. The SMILES string of the molecule is CC#CCC(C)[C@H](O)/C=C/[C@@H]1[C@H]2c3cccc(CCCC(=O)O)c3O[C@H]2C[C@H]1O.CCCC[C@H](C)C[C@H](O)/C=C/[C@H]1[C@H](O)CC(=O)[C@@H]1CCCC/C=C/C(=O)O.OC[C@H]1O[C@@H]2O[C@H]3[C@H](O)[C@@H](O)[C@@H](O[C@H]4[C@H](O)[C@@H](O)[C@@H](O[C@H]5[C@H](O)[C@@H](O)[C@@H](O[C@H]6[C@H](O)[C@@H](O)[C@@H](O[C@H]7[C@H](O)[C@@H](O)[C@@H](O[C@H]1[C@H](O)[C@H]2O)O[C@@H]7CO)O[C@@H]6CO)O[C@@H]5CO)O[C@@H]4CO)O[C@@H]3CO. The fourth-order valence-electron chi connectivity index (χ4n) is 17.2. The van der Waals surface area contributed by atoms with Crippen molar-refractivity contribution >= 4 is 17.7 Å². The maximum atomic E-state index is 12.2. The first-order valence-electron chi connectivity index (χ1n) is 41.8. The number of para-hydroxylation sites is 1. The Balaban J connectivity index is 0.000000247. The number of carboxylic acids is 2. The molecule has 41 atom stereocenters. The lowest BCUT2D eigenvalue weighted by Gasteiger charge is -2.50. The van der Waals surface area contributed by atoms with Gasteiger partial charge in [-0.15, -0.1) is 11.8 Å². The molecule has 2 aliphatic carbocycles. The monoisotopic (exact) mass is 1750 g/mol. The second-order valence-electron chi connectivity index (χ2n) is 32.9. The van der Waals surface area contributed by atoms with Gasteiger partial charge in [-0.2, -0.15) is 0 Å². The van der Waals surface area contributed by atoms with Gasteiger partial charge in [-0.25, -0.2) is 4.79 Å². The average Bonchev–Trinajstić information content (AvgIpc) is 1.54. The van der Waals surface area contributed by atoms with E-state index in [1.165, 1.54) is 0 Å². The number of benzene rings is 1. The lowest BCUT2D eigenvalue weighted by molar-refractivity contribution is -0.404. The zero-order chi connectivity index (χ0) is 89.2. The molecule has 25 aliphatic rings. The number of rotatable bonds is 27. The maximum absolute atomic E-state index is 12.2. The minimum absolute atomic E-state index is 0.0287. The van der Waals surface area contributed by atoms with E-state index in [1.807, 2.05) is 37.3 Å². The lowest BCUT2D eigenvalue weighted by atomic mass is 9.86. The molecule has 40 nitrogen and oxygen atoms in total. The molecule has 2 saturated carbocycles. The van der Waals surface area contributed by atoms with Crippen LogP contribution in [0.2, 0.25) is 0 Å². The first-order valence-corrected chi connectivity index (χ1v) is 41.8. The van der Waals surface area contributed by atoms with E-state index in [2.05, 4.69) is 25.7 Å². The number of carboxylic acid groups (broad SMARTS) is 2. The number of unbranched alkanes of at least 4 members (excludes halogenated alkanes) is 3. The van der Waals surface area contributed by atoms with Gasteiger partial charge >= 0.3 is 11.9 Å². The second-order valence-corrected chi connectivity index (χ2v) is 32.9. The number of hydrogen-bond acceptors (Lipinski definition) is 38. The van der Waals surface area contributed by atoms with E-state index in [0.29, 0.717) is 50.9 Å². The molecule has 122 heavy (non-hydrogen) atoms. The Morgan fingerprint density at radius 1 is 0.516 bits per heavy atom. The minimum atomic E-state index is -2.15. The number of allylic oxidation sites excluding steroid dienone is 1. The number of carbonyl (C=O) groups is 3. The summed E-state index contributed by atoms with van der Waals surface area (Å²) in [5, 5.41) is 254. The van der Waals surface area contributed by atoms with Gasteiger partial charge in [-0.1, -0.05) is 95.0 Å². The van der Waals surface area contributed by atoms with Crippen LogP contribution in [0.4, 0.5) is 0 Å². The molecule has 24 fully saturated rings. The van der Waals surface area contributed by atoms with Crippen LogP contribution >= 0.6 is 0 Å². The normalized spacial score (nSPS) is 42.0. The number of aryl methyl sites for hydroxylation is 1. The van der Waals surface area contributed by atoms with Crippen molar-refractivity contribution in [2.24, 2.45) is 29.6 Å². The highest BCUT2D eigenvalue weighted by Gasteiger charge is 2.60. The van der Waals surface area contributed by atoms with Crippen molar-refractivity contribution in [3.8, 4) is 17.6 Å². The van der Waals surface area contributed by atoms with Crippen LogP contribution in [0.1, 0.15) is 128 Å². The van der Waals surface area contributed by atoms with Crippen molar-refractivity contribution in [3.63, 3.8) is 0 Å². The van der Waals surface area contributed by atoms with Gasteiger partial charge in [-0.05, 0) is 62.8 Å². The van der Waals surface area contributed by atoms with Crippen LogP contribution < -0.4 is 4.74 Å². The summed E-state index contributed by atoms with van der Waals surface area (Å²) in [7, 11) is 0. The Bertz CT molecular complexity index is 3240. The summed E-state index contributed by atoms with van der Waals surface area (Å²) < 4.78 is 74.1. The molecule has 0 aromatic heterocycles. The van der Waals surface area contributed by atoms with Crippen molar-refractivity contribution in [1.29, 1.82) is 0 Å². The number of ketones is 1. The second kappa shape index (κ2) is 47.4. The summed E-state index contributed by atoms with van der Waals surface area (Å²) >= 11 is 0. The Morgan fingerprint density at radius 2 is 0.926 bits per heavy atom. The van der Waals surface area contributed by atoms with Crippen LogP contribution in [0.5, 0.6) is 5.75 Å². The average molecular weight is 1750 g/mol. The third-order valence-electron chi connectivity index (χ3n) is 24.1. The lowest BCUT2D eigenvalue weighted by Crippen LogP contribution is -2.69. The highest BCUT2D eigenvalue weighted by molar-refractivity contribution is 5.84. The Kier molecular flexibility index (Phi) is 39.2. The van der Waals surface area contributed by atoms with E-state index < -0.39 is 260 Å². The van der Waals surface area contributed by atoms with Crippen LogP contribution in [0.25, 0.3) is 0 Å². The molecule has 694 valence electrons. The summed E-state index contributed by atoms with van der Waals surface area (Å²) in [6.45, 7) is 2.06. The van der Waals surface area contributed by atoms with Crippen LogP contribution in [0.15, 0.2) is 54.7 Å². The first kappa shape index (κ1) is 101. The number of carbonyl (C=O) groups excluding carboxylic acids is 1. The molecule has 22 saturated heterocycles. The number of hydrogen-bond donors (Lipinski definition) is 24. The third kappa shape index (κ3) is 24.7. The third-order valence-corrected chi connectivity index (χ3v) is 24.1. The predicted octanol–water partition coefficient (Wildman–Crippen LogP) is -5.88. The molecular formula is C82H126O40. The number of aliphatic hydroxyl groups excluding tert-OH is 22. The van der Waals surface area contributed by atoms with E-state index in [9.17, 15) is 127 Å². The van der Waals surface area contributed by atoms with Crippen molar-refractivity contribution in [2.75, 3.05) is 39.6 Å². The smallest absolute Gasteiger partial charge is 0.327 e.